The first-order chi connectivity index (χ1) is 16.5. The molecule has 1 aromatic heterocycles. The van der Waals surface area contributed by atoms with Crippen LogP contribution in [0.3, 0.4) is 0 Å². The van der Waals surface area contributed by atoms with Crippen LogP contribution in [0.15, 0.2) is 48.5 Å². The van der Waals surface area contributed by atoms with Crippen molar-refractivity contribution in [1.29, 1.82) is 0 Å². The number of anilines is 1. The van der Waals surface area contributed by atoms with Crippen LogP contribution in [-0.4, -0.2) is 29.4 Å². The van der Waals surface area contributed by atoms with Crippen molar-refractivity contribution in [2.75, 3.05) is 18.5 Å². The molecule has 2 amide bonds. The first-order valence-corrected chi connectivity index (χ1v) is 11.5. The molecule has 0 saturated heterocycles. The number of fused-ring (bicyclic) bond motifs is 4. The highest BCUT2D eigenvalue weighted by molar-refractivity contribution is 7.13. The fourth-order valence-electron chi connectivity index (χ4n) is 4.30. The summed E-state index contributed by atoms with van der Waals surface area (Å²) in [7, 11) is 0. The van der Waals surface area contributed by atoms with E-state index in [1.54, 1.807) is 6.07 Å². The maximum absolute atomic E-state index is 14.1. The summed E-state index contributed by atoms with van der Waals surface area (Å²) < 4.78 is 30.7. The molecule has 4 aromatic rings. The Morgan fingerprint density at radius 2 is 2.00 bits per heavy atom. The van der Waals surface area contributed by atoms with E-state index in [2.05, 4.69) is 15.0 Å². The van der Waals surface area contributed by atoms with E-state index in [1.807, 2.05) is 24.3 Å². The van der Waals surface area contributed by atoms with Gasteiger partial charge in [-0.25, -0.2) is 4.39 Å². The average molecular weight is 496 g/mol. The van der Waals surface area contributed by atoms with E-state index in [4.69, 9.17) is 21.1 Å². The molecule has 3 heterocycles. The van der Waals surface area contributed by atoms with E-state index in [1.165, 1.54) is 29.7 Å². The molecule has 2 aliphatic heterocycles. The normalized spacial score (nSPS) is 16.3. The van der Waals surface area contributed by atoms with E-state index in [0.717, 1.165) is 10.1 Å². The van der Waals surface area contributed by atoms with Crippen LogP contribution in [0.4, 0.5) is 10.1 Å². The summed E-state index contributed by atoms with van der Waals surface area (Å²) in [6.07, 6.45) is 0. The zero-order valence-electron chi connectivity index (χ0n) is 17.4. The van der Waals surface area contributed by atoms with Gasteiger partial charge in [0.05, 0.1) is 22.0 Å². The van der Waals surface area contributed by atoms with Gasteiger partial charge in [0, 0.05) is 27.6 Å². The Bertz CT molecular complexity index is 1510. The zero-order valence-corrected chi connectivity index (χ0v) is 18.9. The topological polar surface area (TPSA) is 89.6 Å². The van der Waals surface area contributed by atoms with E-state index in [-0.39, 0.29) is 28.6 Å². The first kappa shape index (κ1) is 20.9. The minimum absolute atomic E-state index is 0.223. The summed E-state index contributed by atoms with van der Waals surface area (Å²) in [5.41, 5.74) is 1.60. The summed E-state index contributed by atoms with van der Waals surface area (Å²) in [6.45, 7) is 0.575. The Kier molecular flexibility index (Phi) is 4.89. The van der Waals surface area contributed by atoms with Crippen molar-refractivity contribution >= 4 is 50.7 Å². The van der Waals surface area contributed by atoms with Crippen molar-refractivity contribution in [1.82, 2.24) is 9.69 Å². The lowest BCUT2D eigenvalue weighted by molar-refractivity contribution is 0.0950. The fraction of sp³-hybridized carbons (Fsp3) is 0.125. The molecule has 0 bridgehead atoms. The first-order valence-electron chi connectivity index (χ1n) is 10.4. The van der Waals surface area contributed by atoms with E-state index < -0.39 is 23.7 Å². The number of carbonyl (C=O) groups is 2. The van der Waals surface area contributed by atoms with Gasteiger partial charge in [-0.2, -0.15) is 4.37 Å². The third kappa shape index (κ3) is 3.27. The van der Waals surface area contributed by atoms with Gasteiger partial charge in [-0.3, -0.25) is 9.59 Å². The van der Waals surface area contributed by atoms with E-state index >= 15 is 0 Å². The van der Waals surface area contributed by atoms with E-state index in [0.29, 0.717) is 29.2 Å². The van der Waals surface area contributed by atoms with Gasteiger partial charge in [-0.1, -0.05) is 29.8 Å². The number of hydrogen-bond acceptors (Lipinski definition) is 6. The van der Waals surface area contributed by atoms with Crippen LogP contribution >= 0.6 is 23.1 Å². The third-order valence-electron chi connectivity index (χ3n) is 5.77. The molecule has 170 valence electrons. The molecule has 2 aliphatic rings. The van der Waals surface area contributed by atoms with Crippen LogP contribution in [0.5, 0.6) is 11.5 Å². The van der Waals surface area contributed by atoms with Crippen molar-refractivity contribution in [3.05, 3.63) is 81.8 Å². The Labute approximate surface area is 201 Å². The number of amides is 2. The van der Waals surface area contributed by atoms with E-state index in [9.17, 15) is 14.0 Å². The minimum atomic E-state index is -0.802. The largest absolute Gasteiger partial charge is 0.486 e. The lowest BCUT2D eigenvalue weighted by Gasteiger charge is -2.23. The molecule has 3 aromatic carbocycles. The van der Waals surface area contributed by atoms with Crippen molar-refractivity contribution < 1.29 is 23.5 Å². The summed E-state index contributed by atoms with van der Waals surface area (Å²) in [5, 5.41) is 6.72. The molecular formula is C24H15ClFN3O4S. The maximum Gasteiger partial charge on any atom is 0.276 e. The van der Waals surface area contributed by atoms with Crippen LogP contribution in [0.2, 0.25) is 5.02 Å². The molecule has 0 aliphatic carbocycles. The fourth-order valence-corrected chi connectivity index (χ4v) is 5.30. The predicted molar refractivity (Wildman–Crippen MR) is 126 cm³/mol. The summed E-state index contributed by atoms with van der Waals surface area (Å²) in [4.78, 5) is 26.3. The number of ether oxygens (including phenoxy) is 2. The SMILES string of the molecule is O=C1N[C@@H](c2cc(F)ccc2Cl)c2c(NC(=O)c3nsc4ccccc34)cc3c(c21)OCCO3. The number of halogens is 2. The van der Waals surface area contributed by atoms with Gasteiger partial charge >= 0.3 is 0 Å². The number of nitrogens with one attached hydrogen (secondary N) is 2. The van der Waals surface area contributed by atoms with Gasteiger partial charge in [-0.15, -0.1) is 0 Å². The summed E-state index contributed by atoms with van der Waals surface area (Å²) >= 11 is 7.59. The highest BCUT2D eigenvalue weighted by Gasteiger charge is 2.39. The number of benzene rings is 3. The number of carbonyl (C=O) groups excluding carboxylic acids is 2. The standard InChI is InChI=1S/C24H15ClFN3O4S/c25-14-6-5-11(26)9-13(14)20-18-15(10-16-22(33-8-7-32-16)19(18)23(30)28-20)27-24(31)21-12-3-1-2-4-17(12)34-29-21/h1-6,9-10,20H,7-8H2,(H,27,31)(H,28,30)/t20-/m0/s1. The summed E-state index contributed by atoms with van der Waals surface area (Å²) in [6, 6.07) is 12.2. The molecule has 0 fully saturated rings. The van der Waals surface area contributed by atoms with Gasteiger partial charge in [0.2, 0.25) is 0 Å². The molecule has 0 saturated carbocycles. The second-order valence-corrected chi connectivity index (χ2v) is 9.00. The van der Waals surface area contributed by atoms with Crippen LogP contribution in [0, 0.1) is 5.82 Å². The lowest BCUT2D eigenvalue weighted by Crippen LogP contribution is -2.21. The molecule has 2 N–H and O–H groups in total. The molecule has 10 heteroatoms. The number of hydrogen-bond donors (Lipinski definition) is 2. The number of rotatable bonds is 3. The molecule has 1 atom stereocenters. The van der Waals surface area contributed by atoms with Gasteiger partial charge in [0.15, 0.2) is 11.5 Å². The Balaban J connectivity index is 1.51. The monoisotopic (exact) mass is 495 g/mol. The molecular weight excluding hydrogens is 481 g/mol. The van der Waals surface area contributed by atoms with Crippen molar-refractivity contribution in [3.63, 3.8) is 0 Å². The van der Waals surface area contributed by atoms with Crippen LogP contribution in [0.1, 0.15) is 38.0 Å². The predicted octanol–water partition coefficient (Wildman–Crippen LogP) is 4.95. The molecule has 6 rings (SSSR count). The van der Waals surface area contributed by atoms with Crippen molar-refractivity contribution in [2.24, 2.45) is 0 Å². The minimum Gasteiger partial charge on any atom is -0.486 e. The number of nitrogens with zero attached hydrogens (tertiary/aromatic N) is 1. The Morgan fingerprint density at radius 1 is 1.18 bits per heavy atom. The van der Waals surface area contributed by atoms with Crippen LogP contribution in [-0.2, 0) is 0 Å². The van der Waals surface area contributed by atoms with Crippen molar-refractivity contribution in [3.8, 4) is 11.5 Å². The molecule has 7 nitrogen and oxygen atoms in total. The Hall–Kier alpha value is -3.69. The van der Waals surface area contributed by atoms with Crippen molar-refractivity contribution in [2.45, 2.75) is 6.04 Å². The highest BCUT2D eigenvalue weighted by atomic mass is 35.5. The quantitative estimate of drug-likeness (QED) is 0.420. The van der Waals surface area contributed by atoms with Gasteiger partial charge < -0.3 is 20.1 Å². The van der Waals surface area contributed by atoms with Gasteiger partial charge in [-0.05, 0) is 35.8 Å². The van der Waals surface area contributed by atoms with Crippen LogP contribution < -0.4 is 20.1 Å². The second-order valence-electron chi connectivity index (χ2n) is 7.79. The number of aromatic nitrogens is 1. The zero-order chi connectivity index (χ0) is 23.4. The highest BCUT2D eigenvalue weighted by Crippen LogP contribution is 2.48. The summed E-state index contributed by atoms with van der Waals surface area (Å²) in [5.74, 6) is -0.758. The van der Waals surface area contributed by atoms with Gasteiger partial charge in [0.1, 0.15) is 24.7 Å². The second kappa shape index (κ2) is 7.96. The molecule has 0 radical (unpaired) electrons. The smallest absolute Gasteiger partial charge is 0.276 e. The molecule has 34 heavy (non-hydrogen) atoms. The molecule has 0 spiro atoms. The lowest BCUT2D eigenvalue weighted by atomic mass is 9.95. The maximum atomic E-state index is 14.1. The third-order valence-corrected chi connectivity index (χ3v) is 6.94. The Morgan fingerprint density at radius 3 is 2.88 bits per heavy atom. The molecule has 0 unspecified atom stereocenters. The van der Waals surface area contributed by atoms with Gasteiger partial charge in [0.25, 0.3) is 11.8 Å². The average Bonchev–Trinajstić information content (AvgIpc) is 3.42. The van der Waals surface area contributed by atoms with Crippen LogP contribution in [0.25, 0.3) is 10.1 Å².